The maximum absolute atomic E-state index is 6.76. The standard InChI is InChI=1S/C57H36N4O/c1-4-14-37(15-5-1)40-26-30-42(31-27-40)55-58-56(43-32-28-41(29-33-43)38-16-6-2-7-17-38)60-57(59-55)47-23-13-25-52-54(47)49-35-48-46-22-10-11-24-50(46)61(51(48)36-53(49)62-52)45-21-12-20-44(34-45)39-18-8-3-9-19-39/h1-36H. The number of rotatable bonds is 7. The van der Waals surface area contributed by atoms with Crippen molar-refractivity contribution in [1.29, 1.82) is 0 Å². The summed E-state index contributed by atoms with van der Waals surface area (Å²) in [5.74, 6) is 1.78. The topological polar surface area (TPSA) is 56.7 Å². The van der Waals surface area contributed by atoms with Crippen LogP contribution in [0.3, 0.4) is 0 Å². The Morgan fingerprint density at radius 3 is 1.44 bits per heavy atom. The highest BCUT2D eigenvalue weighted by Crippen LogP contribution is 2.42. The van der Waals surface area contributed by atoms with Gasteiger partial charge in [0.2, 0.25) is 0 Å². The minimum absolute atomic E-state index is 0.581. The van der Waals surface area contributed by atoms with Crippen LogP contribution >= 0.6 is 0 Å². The van der Waals surface area contributed by atoms with Gasteiger partial charge in [0.25, 0.3) is 0 Å². The van der Waals surface area contributed by atoms with Gasteiger partial charge in [0.15, 0.2) is 17.5 Å². The summed E-state index contributed by atoms with van der Waals surface area (Å²) in [7, 11) is 0. The first kappa shape index (κ1) is 35.5. The zero-order valence-electron chi connectivity index (χ0n) is 33.5. The van der Waals surface area contributed by atoms with Crippen LogP contribution < -0.4 is 0 Å². The van der Waals surface area contributed by atoms with Crippen LogP contribution in [0.15, 0.2) is 223 Å². The zero-order valence-corrected chi connectivity index (χ0v) is 33.5. The van der Waals surface area contributed by atoms with Crippen LogP contribution in [0.2, 0.25) is 0 Å². The van der Waals surface area contributed by atoms with Gasteiger partial charge in [0.1, 0.15) is 11.2 Å². The van der Waals surface area contributed by atoms with Gasteiger partial charge in [-0.2, -0.15) is 0 Å². The Morgan fingerprint density at radius 1 is 0.306 bits per heavy atom. The van der Waals surface area contributed by atoms with E-state index in [4.69, 9.17) is 19.4 Å². The molecule has 0 spiro atoms. The van der Waals surface area contributed by atoms with E-state index in [0.29, 0.717) is 17.5 Å². The Hall–Kier alpha value is -8.41. The van der Waals surface area contributed by atoms with Crippen molar-refractivity contribution in [2.75, 3.05) is 0 Å². The second-order valence-corrected chi connectivity index (χ2v) is 15.6. The molecule has 0 fully saturated rings. The Bertz CT molecular complexity index is 3490. The summed E-state index contributed by atoms with van der Waals surface area (Å²) in [6.07, 6.45) is 0. The van der Waals surface area contributed by atoms with Crippen molar-refractivity contribution in [2.24, 2.45) is 0 Å². The second-order valence-electron chi connectivity index (χ2n) is 15.6. The highest BCUT2D eigenvalue weighted by molar-refractivity contribution is 6.19. The summed E-state index contributed by atoms with van der Waals surface area (Å²) in [6, 6.07) is 76.3. The quantitative estimate of drug-likeness (QED) is 0.161. The molecule has 0 N–H and O–H groups in total. The largest absolute Gasteiger partial charge is 0.456 e. The maximum atomic E-state index is 6.76. The van der Waals surface area contributed by atoms with E-state index in [1.165, 1.54) is 16.5 Å². The normalized spacial score (nSPS) is 11.5. The zero-order chi connectivity index (χ0) is 41.0. The molecule has 0 amide bonds. The summed E-state index contributed by atoms with van der Waals surface area (Å²) in [5, 5.41) is 4.29. The fraction of sp³-hybridized carbons (Fsp3) is 0. The minimum atomic E-state index is 0.581. The summed E-state index contributed by atoms with van der Waals surface area (Å²) >= 11 is 0. The highest BCUT2D eigenvalue weighted by atomic mass is 16.3. The maximum Gasteiger partial charge on any atom is 0.164 e. The van der Waals surface area contributed by atoms with Crippen molar-refractivity contribution in [2.45, 2.75) is 0 Å². The molecule has 0 aliphatic carbocycles. The van der Waals surface area contributed by atoms with E-state index in [9.17, 15) is 0 Å². The molecule has 3 heterocycles. The van der Waals surface area contributed by atoms with Gasteiger partial charge in [-0.05, 0) is 63.7 Å². The summed E-state index contributed by atoms with van der Waals surface area (Å²) in [6.45, 7) is 0. The Morgan fingerprint density at radius 2 is 0.806 bits per heavy atom. The third-order valence-corrected chi connectivity index (χ3v) is 11.9. The smallest absolute Gasteiger partial charge is 0.164 e. The predicted molar refractivity (Wildman–Crippen MR) is 254 cm³/mol. The molecule has 3 aromatic heterocycles. The number of para-hydroxylation sites is 1. The molecule has 0 radical (unpaired) electrons. The van der Waals surface area contributed by atoms with Crippen LogP contribution in [0.5, 0.6) is 0 Å². The number of nitrogens with zero attached hydrogens (tertiary/aromatic N) is 4. The molecule has 0 aliphatic rings. The van der Waals surface area contributed by atoms with E-state index < -0.39 is 0 Å². The van der Waals surface area contributed by atoms with Crippen molar-refractivity contribution in [3.63, 3.8) is 0 Å². The third kappa shape index (κ3) is 6.14. The summed E-state index contributed by atoms with van der Waals surface area (Å²) < 4.78 is 9.11. The number of fused-ring (bicyclic) bond motifs is 6. The van der Waals surface area contributed by atoms with E-state index in [2.05, 4.69) is 199 Å². The molecule has 12 rings (SSSR count). The van der Waals surface area contributed by atoms with Gasteiger partial charge in [-0.25, -0.2) is 15.0 Å². The Labute approximate surface area is 357 Å². The molecule has 62 heavy (non-hydrogen) atoms. The van der Waals surface area contributed by atoms with Crippen molar-refractivity contribution < 1.29 is 4.42 Å². The van der Waals surface area contributed by atoms with Gasteiger partial charge in [0, 0.05) is 50.0 Å². The molecule has 9 aromatic carbocycles. The lowest BCUT2D eigenvalue weighted by atomic mass is 10.0. The van der Waals surface area contributed by atoms with Crippen LogP contribution in [0.1, 0.15) is 0 Å². The second kappa shape index (κ2) is 14.7. The minimum Gasteiger partial charge on any atom is -0.456 e. The van der Waals surface area contributed by atoms with Crippen LogP contribution in [0, 0.1) is 0 Å². The molecule has 0 unspecified atom stereocenters. The molecule has 5 nitrogen and oxygen atoms in total. The van der Waals surface area contributed by atoms with Gasteiger partial charge < -0.3 is 8.98 Å². The SMILES string of the molecule is c1ccc(-c2ccc(-c3nc(-c4ccc(-c5ccccc5)cc4)nc(-c4cccc5oc6cc7c(cc6c45)c4ccccc4n7-c4cccc(-c5ccccc5)c4)n3)cc2)cc1. The Balaban J connectivity index is 1.04. The number of aromatic nitrogens is 4. The highest BCUT2D eigenvalue weighted by Gasteiger charge is 2.21. The molecule has 290 valence electrons. The van der Waals surface area contributed by atoms with Gasteiger partial charge in [0.05, 0.1) is 11.0 Å². The molecule has 12 aromatic rings. The molecular formula is C57H36N4O. The van der Waals surface area contributed by atoms with Crippen molar-refractivity contribution in [3.8, 4) is 73.2 Å². The lowest BCUT2D eigenvalue weighted by molar-refractivity contribution is 0.669. The average Bonchev–Trinajstić information content (AvgIpc) is 3.89. The summed E-state index contributed by atoms with van der Waals surface area (Å²) in [4.78, 5) is 15.6. The fourth-order valence-electron chi connectivity index (χ4n) is 8.85. The molecule has 0 saturated carbocycles. The van der Waals surface area contributed by atoms with E-state index in [1.807, 2.05) is 24.3 Å². The van der Waals surface area contributed by atoms with E-state index >= 15 is 0 Å². The van der Waals surface area contributed by atoms with Crippen molar-refractivity contribution in [3.05, 3.63) is 218 Å². The van der Waals surface area contributed by atoms with Crippen LogP contribution in [-0.4, -0.2) is 19.5 Å². The fourth-order valence-corrected chi connectivity index (χ4v) is 8.85. The Kier molecular flexibility index (Phi) is 8.42. The van der Waals surface area contributed by atoms with Crippen LogP contribution in [-0.2, 0) is 0 Å². The van der Waals surface area contributed by atoms with E-state index in [-0.39, 0.29) is 0 Å². The van der Waals surface area contributed by atoms with Gasteiger partial charge in [-0.1, -0.05) is 182 Å². The molecule has 0 aliphatic heterocycles. The molecule has 0 bridgehead atoms. The molecular weight excluding hydrogens is 757 g/mol. The van der Waals surface area contributed by atoms with E-state index in [1.54, 1.807) is 0 Å². The average molecular weight is 793 g/mol. The molecule has 0 saturated heterocycles. The number of benzene rings is 9. The monoisotopic (exact) mass is 792 g/mol. The van der Waals surface area contributed by atoms with Crippen LogP contribution in [0.4, 0.5) is 0 Å². The first-order valence-corrected chi connectivity index (χ1v) is 20.8. The number of hydrogen-bond acceptors (Lipinski definition) is 4. The van der Waals surface area contributed by atoms with Crippen molar-refractivity contribution in [1.82, 2.24) is 19.5 Å². The lowest BCUT2D eigenvalue weighted by Crippen LogP contribution is -2.00. The molecule has 5 heteroatoms. The van der Waals surface area contributed by atoms with Gasteiger partial charge in [-0.15, -0.1) is 0 Å². The summed E-state index contributed by atoms with van der Waals surface area (Å²) in [5.41, 5.74) is 14.5. The number of hydrogen-bond donors (Lipinski definition) is 0. The predicted octanol–water partition coefficient (Wildman–Crippen LogP) is 14.9. The first-order valence-electron chi connectivity index (χ1n) is 20.8. The first-order chi connectivity index (χ1) is 30.7. The van der Waals surface area contributed by atoms with Gasteiger partial charge in [-0.3, -0.25) is 0 Å². The van der Waals surface area contributed by atoms with Gasteiger partial charge >= 0.3 is 0 Å². The van der Waals surface area contributed by atoms with Crippen molar-refractivity contribution >= 4 is 43.7 Å². The third-order valence-electron chi connectivity index (χ3n) is 11.9. The molecule has 0 atom stereocenters. The van der Waals surface area contributed by atoms with Crippen LogP contribution in [0.25, 0.3) is 117 Å². The van der Waals surface area contributed by atoms with E-state index in [0.717, 1.165) is 83.0 Å². The number of furan rings is 1. The lowest BCUT2D eigenvalue weighted by Gasteiger charge is -2.11.